The largest absolute Gasteiger partial charge is 0.384 e. The summed E-state index contributed by atoms with van der Waals surface area (Å²) in [6.45, 7) is 5.81. The number of pyridine rings is 1. The maximum Gasteiger partial charge on any atom is 0.246 e. The van der Waals surface area contributed by atoms with Crippen LogP contribution < -0.4 is 5.32 Å². The van der Waals surface area contributed by atoms with Gasteiger partial charge in [-0.1, -0.05) is 13.8 Å². The molecule has 5 nitrogen and oxygen atoms in total. The molecule has 0 unspecified atom stereocenters. The van der Waals surface area contributed by atoms with Crippen LogP contribution in [0.4, 0.5) is 5.69 Å². The van der Waals surface area contributed by atoms with E-state index in [-0.39, 0.29) is 4.90 Å². The molecule has 0 atom stereocenters. The lowest BCUT2D eigenvalue weighted by molar-refractivity contribution is 0.412. The van der Waals surface area contributed by atoms with Crippen molar-refractivity contribution in [2.75, 3.05) is 25.0 Å². The summed E-state index contributed by atoms with van der Waals surface area (Å²) in [6, 6.07) is 1.73. The first kappa shape index (κ1) is 15.3. The Balaban J connectivity index is 2.26. The first-order valence-electron chi connectivity index (χ1n) is 7.27. The third-order valence-corrected chi connectivity index (χ3v) is 5.45. The number of nitrogens with zero attached hydrogens (tertiary/aromatic N) is 2. The molecule has 1 N–H and O–H groups in total. The van der Waals surface area contributed by atoms with Crippen molar-refractivity contribution in [1.82, 2.24) is 9.29 Å². The van der Waals surface area contributed by atoms with Gasteiger partial charge in [0.05, 0.1) is 5.69 Å². The summed E-state index contributed by atoms with van der Waals surface area (Å²) >= 11 is 0. The molecule has 0 radical (unpaired) electrons. The van der Waals surface area contributed by atoms with Crippen LogP contribution in [-0.4, -0.2) is 37.3 Å². The Labute approximate surface area is 121 Å². The summed E-state index contributed by atoms with van der Waals surface area (Å²) in [5, 5.41) is 3.17. The molecule has 1 saturated carbocycles. The van der Waals surface area contributed by atoms with E-state index in [1.807, 2.05) is 13.8 Å². The third kappa shape index (κ3) is 3.49. The van der Waals surface area contributed by atoms with Gasteiger partial charge in [0.2, 0.25) is 10.0 Å². The van der Waals surface area contributed by atoms with Crippen molar-refractivity contribution in [2.24, 2.45) is 5.92 Å². The number of hydrogen-bond donors (Lipinski definition) is 1. The second kappa shape index (κ2) is 6.54. The molecular formula is C14H23N3O2S. The van der Waals surface area contributed by atoms with Crippen LogP contribution in [0.3, 0.4) is 0 Å². The number of anilines is 1. The molecule has 1 heterocycles. The van der Waals surface area contributed by atoms with E-state index in [1.54, 1.807) is 16.6 Å². The molecule has 6 heteroatoms. The normalized spacial score (nSPS) is 15.6. The number of nitrogens with one attached hydrogen (secondary N) is 1. The Morgan fingerprint density at radius 3 is 2.75 bits per heavy atom. The van der Waals surface area contributed by atoms with Crippen LogP contribution in [0.2, 0.25) is 0 Å². The van der Waals surface area contributed by atoms with Gasteiger partial charge in [0.1, 0.15) is 4.90 Å². The first-order valence-corrected chi connectivity index (χ1v) is 8.71. The number of sulfonamides is 1. The summed E-state index contributed by atoms with van der Waals surface area (Å²) < 4.78 is 27.1. The Bertz CT molecular complexity index is 541. The molecule has 1 aromatic heterocycles. The van der Waals surface area contributed by atoms with Crippen molar-refractivity contribution in [3.05, 3.63) is 18.5 Å². The summed E-state index contributed by atoms with van der Waals surface area (Å²) in [6.07, 6.45) is 6.29. The van der Waals surface area contributed by atoms with Crippen molar-refractivity contribution < 1.29 is 8.42 Å². The molecule has 0 spiro atoms. The fourth-order valence-electron chi connectivity index (χ4n) is 2.12. The molecule has 112 valence electrons. The quantitative estimate of drug-likeness (QED) is 0.800. The average molecular weight is 297 g/mol. The van der Waals surface area contributed by atoms with Gasteiger partial charge in [-0.2, -0.15) is 4.31 Å². The maximum absolute atomic E-state index is 12.8. The van der Waals surface area contributed by atoms with Crippen molar-refractivity contribution in [3.63, 3.8) is 0 Å². The van der Waals surface area contributed by atoms with Gasteiger partial charge in [-0.3, -0.25) is 4.98 Å². The Hall–Kier alpha value is -1.14. The molecule has 20 heavy (non-hydrogen) atoms. The van der Waals surface area contributed by atoms with E-state index in [0.717, 1.165) is 25.8 Å². The predicted octanol–water partition coefficient (Wildman–Crippen LogP) is 2.32. The lowest BCUT2D eigenvalue weighted by Gasteiger charge is -2.22. The third-order valence-electron chi connectivity index (χ3n) is 3.48. The molecule has 0 aliphatic heterocycles. The van der Waals surface area contributed by atoms with Crippen molar-refractivity contribution in [2.45, 2.75) is 38.0 Å². The molecule has 0 saturated heterocycles. The van der Waals surface area contributed by atoms with Gasteiger partial charge in [0.15, 0.2) is 0 Å². The SMILES string of the molecule is CCCNc1ccncc1S(=O)(=O)N(CC)CC1CC1. The molecular weight excluding hydrogens is 274 g/mol. The van der Waals surface area contributed by atoms with Gasteiger partial charge in [0, 0.05) is 32.0 Å². The molecule has 1 aromatic rings. The van der Waals surface area contributed by atoms with E-state index >= 15 is 0 Å². The highest BCUT2D eigenvalue weighted by Crippen LogP contribution is 2.32. The minimum Gasteiger partial charge on any atom is -0.384 e. The smallest absolute Gasteiger partial charge is 0.246 e. The Morgan fingerprint density at radius 2 is 2.15 bits per heavy atom. The average Bonchev–Trinajstić information content (AvgIpc) is 3.26. The van der Waals surface area contributed by atoms with Crippen LogP contribution in [0.5, 0.6) is 0 Å². The fraction of sp³-hybridized carbons (Fsp3) is 0.643. The van der Waals surface area contributed by atoms with E-state index in [2.05, 4.69) is 10.3 Å². The lowest BCUT2D eigenvalue weighted by atomic mass is 10.4. The highest BCUT2D eigenvalue weighted by molar-refractivity contribution is 7.89. The minimum absolute atomic E-state index is 0.288. The zero-order valence-corrected chi connectivity index (χ0v) is 13.0. The summed E-state index contributed by atoms with van der Waals surface area (Å²) in [7, 11) is -3.46. The minimum atomic E-state index is -3.46. The van der Waals surface area contributed by atoms with Crippen LogP contribution in [0.25, 0.3) is 0 Å². The molecule has 1 aliphatic carbocycles. The van der Waals surface area contributed by atoms with Gasteiger partial charge in [-0.15, -0.1) is 0 Å². The van der Waals surface area contributed by atoms with E-state index in [0.29, 0.717) is 24.7 Å². The fourth-order valence-corrected chi connectivity index (χ4v) is 3.75. The molecule has 0 bridgehead atoms. The van der Waals surface area contributed by atoms with Crippen LogP contribution in [0.1, 0.15) is 33.1 Å². The topological polar surface area (TPSA) is 62.3 Å². The highest BCUT2D eigenvalue weighted by Gasteiger charge is 2.32. The number of aromatic nitrogens is 1. The number of hydrogen-bond acceptors (Lipinski definition) is 4. The zero-order chi connectivity index (χ0) is 14.6. The maximum atomic E-state index is 12.8. The van der Waals surface area contributed by atoms with Gasteiger partial charge < -0.3 is 5.32 Å². The Morgan fingerprint density at radius 1 is 1.40 bits per heavy atom. The van der Waals surface area contributed by atoms with E-state index in [1.165, 1.54) is 6.20 Å². The van der Waals surface area contributed by atoms with E-state index in [9.17, 15) is 8.42 Å². The van der Waals surface area contributed by atoms with Crippen molar-refractivity contribution in [3.8, 4) is 0 Å². The van der Waals surface area contributed by atoms with Crippen LogP contribution >= 0.6 is 0 Å². The Kier molecular flexibility index (Phi) is 4.99. The molecule has 2 rings (SSSR count). The zero-order valence-electron chi connectivity index (χ0n) is 12.2. The van der Waals surface area contributed by atoms with E-state index in [4.69, 9.17) is 0 Å². The molecule has 0 aromatic carbocycles. The lowest BCUT2D eigenvalue weighted by Crippen LogP contribution is -2.33. The standard InChI is InChI=1S/C14H23N3O2S/c1-3-8-16-13-7-9-15-10-14(13)20(18,19)17(4-2)11-12-5-6-12/h7,9-10,12H,3-6,8,11H2,1-2H3,(H,15,16). The summed E-state index contributed by atoms with van der Waals surface area (Å²) in [4.78, 5) is 4.27. The van der Waals surface area contributed by atoms with Gasteiger partial charge in [-0.05, 0) is 31.2 Å². The van der Waals surface area contributed by atoms with Crippen molar-refractivity contribution in [1.29, 1.82) is 0 Å². The molecule has 1 fully saturated rings. The van der Waals surface area contributed by atoms with Gasteiger partial charge >= 0.3 is 0 Å². The van der Waals surface area contributed by atoms with Crippen LogP contribution in [-0.2, 0) is 10.0 Å². The summed E-state index contributed by atoms with van der Waals surface area (Å²) in [5.41, 5.74) is 0.649. The second-order valence-corrected chi connectivity index (χ2v) is 7.10. The first-order chi connectivity index (χ1) is 9.59. The van der Waals surface area contributed by atoms with E-state index < -0.39 is 10.0 Å². The van der Waals surface area contributed by atoms with Crippen LogP contribution in [0, 0.1) is 5.92 Å². The second-order valence-electron chi connectivity index (χ2n) is 5.20. The molecule has 1 aliphatic rings. The van der Waals surface area contributed by atoms with Crippen LogP contribution in [0.15, 0.2) is 23.4 Å². The van der Waals surface area contributed by atoms with Crippen molar-refractivity contribution >= 4 is 15.7 Å². The highest BCUT2D eigenvalue weighted by atomic mass is 32.2. The summed E-state index contributed by atoms with van der Waals surface area (Å²) in [5.74, 6) is 0.536. The predicted molar refractivity (Wildman–Crippen MR) is 80.2 cm³/mol. The monoisotopic (exact) mass is 297 g/mol. The van der Waals surface area contributed by atoms with Gasteiger partial charge in [-0.25, -0.2) is 8.42 Å². The molecule has 0 amide bonds. The number of rotatable bonds is 8. The van der Waals surface area contributed by atoms with Gasteiger partial charge in [0.25, 0.3) is 0 Å².